The van der Waals surface area contributed by atoms with E-state index >= 15 is 0 Å². The van der Waals surface area contributed by atoms with Crippen molar-refractivity contribution in [3.05, 3.63) is 63.7 Å². The summed E-state index contributed by atoms with van der Waals surface area (Å²) >= 11 is 6.19. The standard InChI is InChI=1S/C30H38ClN3O5/c1-3-33(15-13-28-24-18-22(31)12-11-21(24)20-39-28)14-4-5-17-38-27-10-6-8-23-25(27)19-34(30(23)37)26(9-7-16-35)29(36)32-2/h6,8,10-12,16,18,26,28H,3-5,7,9,13-15,17,19-20H2,1-2H3,(H,32,36). The fourth-order valence-electron chi connectivity index (χ4n) is 5.40. The van der Waals surface area contributed by atoms with Crippen LogP contribution in [0.5, 0.6) is 5.75 Å². The quantitative estimate of drug-likeness (QED) is 0.256. The minimum atomic E-state index is -0.687. The number of ether oxygens (including phenoxy) is 2. The number of hydrogen-bond acceptors (Lipinski definition) is 6. The van der Waals surface area contributed by atoms with Crippen molar-refractivity contribution in [3.63, 3.8) is 0 Å². The van der Waals surface area contributed by atoms with E-state index in [1.807, 2.05) is 24.3 Å². The molecule has 2 amide bonds. The van der Waals surface area contributed by atoms with E-state index in [9.17, 15) is 14.4 Å². The highest BCUT2D eigenvalue weighted by molar-refractivity contribution is 6.30. The van der Waals surface area contributed by atoms with Crippen molar-refractivity contribution in [2.45, 2.75) is 64.3 Å². The van der Waals surface area contributed by atoms with E-state index in [0.717, 1.165) is 55.8 Å². The van der Waals surface area contributed by atoms with Crippen LogP contribution in [-0.2, 0) is 27.5 Å². The maximum atomic E-state index is 13.1. The second kappa shape index (κ2) is 13.9. The van der Waals surface area contributed by atoms with Gasteiger partial charge in [-0.15, -0.1) is 0 Å². The number of carbonyl (C=O) groups excluding carboxylic acids is 3. The number of hydrogen-bond donors (Lipinski definition) is 1. The van der Waals surface area contributed by atoms with Gasteiger partial charge < -0.3 is 29.4 Å². The first-order valence-electron chi connectivity index (χ1n) is 13.8. The third-order valence-corrected chi connectivity index (χ3v) is 7.85. The molecule has 8 nitrogen and oxygen atoms in total. The molecule has 0 spiro atoms. The molecule has 2 atom stereocenters. The summed E-state index contributed by atoms with van der Waals surface area (Å²) in [6.45, 7) is 6.56. The Bertz CT molecular complexity index is 1170. The van der Waals surface area contributed by atoms with Crippen molar-refractivity contribution in [1.82, 2.24) is 15.1 Å². The molecule has 0 fully saturated rings. The van der Waals surface area contributed by atoms with Gasteiger partial charge in [-0.1, -0.05) is 30.7 Å². The molecule has 2 aromatic carbocycles. The van der Waals surface area contributed by atoms with Crippen LogP contribution in [0, 0.1) is 0 Å². The van der Waals surface area contributed by atoms with Crippen LogP contribution in [0.15, 0.2) is 36.4 Å². The van der Waals surface area contributed by atoms with Crippen LogP contribution in [0.2, 0.25) is 5.02 Å². The van der Waals surface area contributed by atoms with E-state index in [4.69, 9.17) is 21.1 Å². The highest BCUT2D eigenvalue weighted by Crippen LogP contribution is 2.35. The monoisotopic (exact) mass is 555 g/mol. The number of unbranched alkanes of at least 4 members (excludes halogenated alkanes) is 1. The summed E-state index contributed by atoms with van der Waals surface area (Å²) in [6.07, 6.45) is 4.19. The molecular weight excluding hydrogens is 518 g/mol. The summed E-state index contributed by atoms with van der Waals surface area (Å²) in [4.78, 5) is 40.4. The van der Waals surface area contributed by atoms with Crippen molar-refractivity contribution in [2.75, 3.05) is 33.3 Å². The zero-order valence-corrected chi connectivity index (χ0v) is 23.5. The third kappa shape index (κ3) is 6.99. The largest absolute Gasteiger partial charge is 0.493 e. The van der Waals surface area contributed by atoms with Gasteiger partial charge in [0.1, 0.15) is 18.1 Å². The molecule has 0 bridgehead atoms. The van der Waals surface area contributed by atoms with Crippen LogP contribution < -0.4 is 10.1 Å². The maximum Gasteiger partial charge on any atom is 0.255 e. The molecule has 0 aromatic heterocycles. The topological polar surface area (TPSA) is 88.2 Å². The smallest absolute Gasteiger partial charge is 0.255 e. The molecule has 0 aliphatic carbocycles. The maximum absolute atomic E-state index is 13.1. The minimum absolute atomic E-state index is 0.0972. The Morgan fingerprint density at radius 3 is 2.90 bits per heavy atom. The van der Waals surface area contributed by atoms with Gasteiger partial charge in [0, 0.05) is 36.2 Å². The number of amides is 2. The number of halogens is 1. The SMILES string of the molecule is CCN(CCCCOc1cccc2c1CN(C(CCC=O)C(=O)NC)C2=O)CCC1OCc2ccc(Cl)cc21. The lowest BCUT2D eigenvalue weighted by Gasteiger charge is -2.25. The third-order valence-electron chi connectivity index (χ3n) is 7.61. The molecule has 9 heteroatoms. The molecule has 2 unspecified atom stereocenters. The van der Waals surface area contributed by atoms with Crippen molar-refractivity contribution in [1.29, 1.82) is 0 Å². The van der Waals surface area contributed by atoms with Gasteiger partial charge in [0.05, 0.1) is 25.9 Å². The van der Waals surface area contributed by atoms with Crippen LogP contribution in [0.3, 0.4) is 0 Å². The highest BCUT2D eigenvalue weighted by atomic mass is 35.5. The van der Waals surface area contributed by atoms with Crippen molar-refractivity contribution < 1.29 is 23.9 Å². The van der Waals surface area contributed by atoms with E-state index in [2.05, 4.69) is 23.2 Å². The predicted octanol–water partition coefficient (Wildman–Crippen LogP) is 4.53. The zero-order chi connectivity index (χ0) is 27.8. The predicted molar refractivity (Wildman–Crippen MR) is 150 cm³/mol. The molecule has 0 radical (unpaired) electrons. The second-order valence-electron chi connectivity index (χ2n) is 10.0. The number of nitrogens with zero attached hydrogens (tertiary/aromatic N) is 2. The molecule has 210 valence electrons. The Balaban J connectivity index is 1.24. The summed E-state index contributed by atoms with van der Waals surface area (Å²) in [7, 11) is 1.54. The van der Waals surface area contributed by atoms with Gasteiger partial charge in [0.2, 0.25) is 5.91 Å². The summed E-state index contributed by atoms with van der Waals surface area (Å²) in [5.74, 6) is 0.204. The summed E-state index contributed by atoms with van der Waals surface area (Å²) < 4.78 is 12.1. The second-order valence-corrected chi connectivity index (χ2v) is 10.4. The van der Waals surface area contributed by atoms with Gasteiger partial charge in [0.25, 0.3) is 5.91 Å². The number of nitrogens with one attached hydrogen (secondary N) is 1. The van der Waals surface area contributed by atoms with E-state index in [1.54, 1.807) is 11.0 Å². The number of likely N-dealkylation sites (N-methyl/N-ethyl adjacent to an activating group) is 1. The number of aldehydes is 1. The van der Waals surface area contributed by atoms with Crippen LogP contribution in [0.4, 0.5) is 0 Å². The van der Waals surface area contributed by atoms with Crippen molar-refractivity contribution in [3.8, 4) is 5.75 Å². The van der Waals surface area contributed by atoms with Crippen LogP contribution in [-0.4, -0.2) is 67.2 Å². The molecule has 2 heterocycles. The summed E-state index contributed by atoms with van der Waals surface area (Å²) in [6, 6.07) is 10.8. The fourth-order valence-corrected chi connectivity index (χ4v) is 5.58. The van der Waals surface area contributed by atoms with Gasteiger partial charge in [0.15, 0.2) is 0 Å². The van der Waals surface area contributed by atoms with Crippen LogP contribution in [0.25, 0.3) is 0 Å². The summed E-state index contributed by atoms with van der Waals surface area (Å²) in [5.41, 5.74) is 3.80. The minimum Gasteiger partial charge on any atom is -0.493 e. The molecule has 1 N–H and O–H groups in total. The van der Waals surface area contributed by atoms with Crippen LogP contribution >= 0.6 is 11.6 Å². The van der Waals surface area contributed by atoms with Crippen LogP contribution in [0.1, 0.15) is 72.2 Å². The lowest BCUT2D eigenvalue weighted by Crippen LogP contribution is -2.46. The van der Waals surface area contributed by atoms with E-state index in [0.29, 0.717) is 37.5 Å². The Kier molecular flexibility index (Phi) is 10.4. The number of rotatable bonds is 15. The Labute approximate surface area is 235 Å². The summed E-state index contributed by atoms with van der Waals surface area (Å²) in [5, 5.41) is 3.36. The molecule has 4 rings (SSSR count). The van der Waals surface area contributed by atoms with Gasteiger partial charge in [-0.25, -0.2) is 0 Å². The molecule has 0 saturated heterocycles. The highest BCUT2D eigenvalue weighted by Gasteiger charge is 2.37. The first-order chi connectivity index (χ1) is 19.0. The average Bonchev–Trinajstić information content (AvgIpc) is 3.51. The number of fused-ring (bicyclic) bond motifs is 2. The Morgan fingerprint density at radius 1 is 1.28 bits per heavy atom. The molecular formula is C30H38ClN3O5. The zero-order valence-electron chi connectivity index (χ0n) is 22.8. The first-order valence-corrected chi connectivity index (χ1v) is 14.2. The molecule has 2 aliphatic heterocycles. The first kappa shape index (κ1) is 29.1. The van der Waals surface area contributed by atoms with Gasteiger partial charge >= 0.3 is 0 Å². The molecule has 0 saturated carbocycles. The number of carbonyl (C=O) groups is 3. The molecule has 39 heavy (non-hydrogen) atoms. The Morgan fingerprint density at radius 2 is 2.13 bits per heavy atom. The fraction of sp³-hybridized carbons (Fsp3) is 0.500. The molecule has 2 aromatic rings. The molecule has 2 aliphatic rings. The van der Waals surface area contributed by atoms with Gasteiger partial charge in [-0.3, -0.25) is 9.59 Å². The average molecular weight is 556 g/mol. The van der Waals surface area contributed by atoms with Gasteiger partial charge in [-0.2, -0.15) is 0 Å². The van der Waals surface area contributed by atoms with Gasteiger partial charge in [-0.05, 0) is 74.2 Å². The van der Waals surface area contributed by atoms with E-state index < -0.39 is 6.04 Å². The lowest BCUT2D eigenvalue weighted by molar-refractivity contribution is -0.125. The normalized spacial score (nSPS) is 16.8. The lowest BCUT2D eigenvalue weighted by atomic mass is 10.0. The van der Waals surface area contributed by atoms with Crippen molar-refractivity contribution >= 4 is 29.7 Å². The Hall–Kier alpha value is -2.94. The van der Waals surface area contributed by atoms with E-state index in [-0.39, 0.29) is 24.3 Å². The van der Waals surface area contributed by atoms with E-state index in [1.165, 1.54) is 18.2 Å². The van der Waals surface area contributed by atoms with Crippen molar-refractivity contribution in [2.24, 2.45) is 0 Å². The number of benzene rings is 2.